The summed E-state index contributed by atoms with van der Waals surface area (Å²) < 4.78 is 0. The summed E-state index contributed by atoms with van der Waals surface area (Å²) in [6.07, 6.45) is 2.46. The fourth-order valence-electron chi connectivity index (χ4n) is 3.21. The molecule has 1 heterocycles. The van der Waals surface area contributed by atoms with Crippen LogP contribution < -0.4 is 5.32 Å². The van der Waals surface area contributed by atoms with E-state index in [0.717, 1.165) is 0 Å². The molecular formula is C17H29N3. The van der Waals surface area contributed by atoms with Crippen molar-refractivity contribution in [3.8, 4) is 0 Å². The van der Waals surface area contributed by atoms with Crippen molar-refractivity contribution in [1.29, 1.82) is 0 Å². The molecule has 112 valence electrons. The smallest absolute Gasteiger partial charge is 0.0329 e. The topological polar surface area (TPSA) is 18.5 Å². The van der Waals surface area contributed by atoms with Crippen LogP contribution >= 0.6 is 0 Å². The van der Waals surface area contributed by atoms with Crippen molar-refractivity contribution in [2.75, 3.05) is 40.3 Å². The number of nitrogens with one attached hydrogen (secondary N) is 1. The van der Waals surface area contributed by atoms with E-state index in [1.165, 1.54) is 44.6 Å². The molecule has 0 radical (unpaired) electrons. The second-order valence-corrected chi connectivity index (χ2v) is 6.04. The first-order chi connectivity index (χ1) is 9.70. The van der Waals surface area contributed by atoms with Crippen LogP contribution in [-0.2, 0) is 0 Å². The lowest BCUT2D eigenvalue weighted by Gasteiger charge is -2.29. The lowest BCUT2D eigenvalue weighted by molar-refractivity contribution is 0.193. The molecule has 1 aromatic rings. The lowest BCUT2D eigenvalue weighted by Crippen LogP contribution is -2.39. The molecule has 0 saturated carbocycles. The van der Waals surface area contributed by atoms with E-state index in [1.54, 1.807) is 0 Å². The summed E-state index contributed by atoms with van der Waals surface area (Å²) in [5.41, 5.74) is 1.40. The van der Waals surface area contributed by atoms with Gasteiger partial charge in [0.15, 0.2) is 0 Å². The van der Waals surface area contributed by atoms with Gasteiger partial charge in [-0.3, -0.25) is 4.90 Å². The molecule has 0 spiro atoms. The third-order valence-corrected chi connectivity index (χ3v) is 4.44. The van der Waals surface area contributed by atoms with Gasteiger partial charge in [-0.05, 0) is 52.5 Å². The van der Waals surface area contributed by atoms with Gasteiger partial charge in [-0.1, -0.05) is 30.3 Å². The van der Waals surface area contributed by atoms with Gasteiger partial charge >= 0.3 is 0 Å². The molecule has 1 N–H and O–H groups in total. The van der Waals surface area contributed by atoms with Crippen molar-refractivity contribution in [3.63, 3.8) is 0 Å². The summed E-state index contributed by atoms with van der Waals surface area (Å²) in [7, 11) is 4.30. The van der Waals surface area contributed by atoms with Crippen molar-refractivity contribution >= 4 is 0 Å². The van der Waals surface area contributed by atoms with E-state index in [4.69, 9.17) is 0 Å². The molecule has 3 nitrogen and oxygen atoms in total. The minimum Gasteiger partial charge on any atom is -0.313 e. The lowest BCUT2D eigenvalue weighted by atomic mass is 10.0. The highest BCUT2D eigenvalue weighted by Gasteiger charge is 2.20. The van der Waals surface area contributed by atoms with E-state index < -0.39 is 0 Å². The summed E-state index contributed by atoms with van der Waals surface area (Å²) in [6.45, 7) is 7.19. The fourth-order valence-corrected chi connectivity index (χ4v) is 3.21. The Kier molecular flexibility index (Phi) is 6.02. The van der Waals surface area contributed by atoms with E-state index in [1.807, 2.05) is 0 Å². The zero-order valence-electron chi connectivity index (χ0n) is 13.2. The predicted molar refractivity (Wildman–Crippen MR) is 86.0 cm³/mol. The summed E-state index contributed by atoms with van der Waals surface area (Å²) in [6, 6.07) is 11.9. The first-order valence-electron chi connectivity index (χ1n) is 7.85. The second-order valence-electron chi connectivity index (χ2n) is 6.04. The molecule has 2 unspecified atom stereocenters. The number of hydrogen-bond donors (Lipinski definition) is 1. The maximum atomic E-state index is 3.46. The van der Waals surface area contributed by atoms with Crippen molar-refractivity contribution < 1.29 is 0 Å². The molecule has 0 aromatic heterocycles. The summed E-state index contributed by atoms with van der Waals surface area (Å²) in [4.78, 5) is 5.11. The van der Waals surface area contributed by atoms with Crippen LogP contribution in [0.15, 0.2) is 30.3 Å². The zero-order valence-corrected chi connectivity index (χ0v) is 13.2. The van der Waals surface area contributed by atoms with Crippen molar-refractivity contribution in [2.24, 2.45) is 0 Å². The molecule has 1 fully saturated rings. The average molecular weight is 275 g/mol. The largest absolute Gasteiger partial charge is 0.313 e. The molecule has 2 atom stereocenters. The van der Waals surface area contributed by atoms with E-state index in [0.29, 0.717) is 12.1 Å². The Hall–Kier alpha value is -0.900. The van der Waals surface area contributed by atoms with E-state index in [2.05, 4.69) is 66.5 Å². The molecule has 0 bridgehead atoms. The van der Waals surface area contributed by atoms with E-state index in [9.17, 15) is 0 Å². The van der Waals surface area contributed by atoms with Gasteiger partial charge in [-0.25, -0.2) is 0 Å². The molecule has 20 heavy (non-hydrogen) atoms. The number of benzene rings is 1. The van der Waals surface area contributed by atoms with Gasteiger partial charge < -0.3 is 10.2 Å². The molecule has 1 saturated heterocycles. The third-order valence-electron chi connectivity index (χ3n) is 4.44. The quantitative estimate of drug-likeness (QED) is 0.890. The Morgan fingerprint density at radius 1 is 1.25 bits per heavy atom. The van der Waals surface area contributed by atoms with Crippen LogP contribution in [0, 0.1) is 0 Å². The Bertz CT molecular complexity index is 379. The van der Waals surface area contributed by atoms with Gasteiger partial charge in [0.1, 0.15) is 0 Å². The maximum Gasteiger partial charge on any atom is 0.0329 e. The molecule has 1 aliphatic rings. The number of hydrogen-bond acceptors (Lipinski definition) is 3. The molecule has 1 aromatic carbocycles. The Balaban J connectivity index is 1.89. The van der Waals surface area contributed by atoms with Crippen LogP contribution in [0.3, 0.4) is 0 Å². The van der Waals surface area contributed by atoms with E-state index in [-0.39, 0.29) is 0 Å². The van der Waals surface area contributed by atoms with Crippen LogP contribution in [0.4, 0.5) is 0 Å². The fraction of sp³-hybridized carbons (Fsp3) is 0.647. The summed E-state index contributed by atoms with van der Waals surface area (Å²) in [5.74, 6) is 0. The maximum absolute atomic E-state index is 3.46. The van der Waals surface area contributed by atoms with Crippen molar-refractivity contribution in [2.45, 2.75) is 31.8 Å². The molecule has 1 aliphatic heterocycles. The molecular weight excluding hydrogens is 246 g/mol. The minimum atomic E-state index is 0.462. The van der Waals surface area contributed by atoms with Crippen molar-refractivity contribution in [1.82, 2.24) is 15.1 Å². The molecule has 3 heteroatoms. The van der Waals surface area contributed by atoms with Crippen LogP contribution in [0.1, 0.15) is 31.4 Å². The number of nitrogens with zero attached hydrogens (tertiary/aromatic N) is 2. The van der Waals surface area contributed by atoms with Gasteiger partial charge in [0, 0.05) is 25.2 Å². The number of rotatable bonds is 5. The predicted octanol–water partition coefficient (Wildman–Crippen LogP) is 2.36. The normalized spacial score (nSPS) is 23.4. The third kappa shape index (κ3) is 4.30. The Morgan fingerprint density at radius 3 is 2.70 bits per heavy atom. The minimum absolute atomic E-state index is 0.462. The van der Waals surface area contributed by atoms with Gasteiger partial charge in [0.05, 0.1) is 0 Å². The van der Waals surface area contributed by atoms with Crippen LogP contribution in [0.2, 0.25) is 0 Å². The standard InChI is InChI=1S/C17H29N3/c1-15-14-19(3)11-7-12-20(15)13-10-17(18-2)16-8-5-4-6-9-16/h4-6,8-9,15,17-18H,7,10-14H2,1-3H3. The SMILES string of the molecule is CNC(CCN1CCCN(C)CC1C)c1ccccc1. The highest BCUT2D eigenvalue weighted by molar-refractivity contribution is 5.18. The Morgan fingerprint density at radius 2 is 2.00 bits per heavy atom. The number of likely N-dealkylation sites (N-methyl/N-ethyl adjacent to an activating group) is 1. The van der Waals surface area contributed by atoms with Crippen LogP contribution in [-0.4, -0.2) is 56.1 Å². The highest BCUT2D eigenvalue weighted by Crippen LogP contribution is 2.18. The first kappa shape index (κ1) is 15.5. The van der Waals surface area contributed by atoms with Gasteiger partial charge in [-0.15, -0.1) is 0 Å². The van der Waals surface area contributed by atoms with Gasteiger partial charge in [0.25, 0.3) is 0 Å². The highest BCUT2D eigenvalue weighted by atomic mass is 15.2. The molecule has 0 aliphatic carbocycles. The van der Waals surface area contributed by atoms with Gasteiger partial charge in [0.2, 0.25) is 0 Å². The molecule has 2 rings (SSSR count). The first-order valence-corrected chi connectivity index (χ1v) is 7.85. The van der Waals surface area contributed by atoms with E-state index >= 15 is 0 Å². The average Bonchev–Trinajstić information content (AvgIpc) is 2.62. The zero-order chi connectivity index (χ0) is 14.4. The summed E-state index contributed by atoms with van der Waals surface area (Å²) >= 11 is 0. The van der Waals surface area contributed by atoms with Crippen LogP contribution in [0.5, 0.6) is 0 Å². The second kappa shape index (κ2) is 7.77. The van der Waals surface area contributed by atoms with Crippen LogP contribution in [0.25, 0.3) is 0 Å². The summed E-state index contributed by atoms with van der Waals surface area (Å²) in [5, 5.41) is 3.46. The molecule has 0 amide bonds. The van der Waals surface area contributed by atoms with Crippen molar-refractivity contribution in [3.05, 3.63) is 35.9 Å². The monoisotopic (exact) mass is 275 g/mol. The van der Waals surface area contributed by atoms with Gasteiger partial charge in [-0.2, -0.15) is 0 Å². The Labute approximate surface area is 124 Å².